The average Bonchev–Trinajstić information content (AvgIpc) is 2.24. The summed E-state index contributed by atoms with van der Waals surface area (Å²) in [5.41, 5.74) is 9.04. The second kappa shape index (κ2) is 5.26. The molecule has 3 heteroatoms. The van der Waals surface area contributed by atoms with Crippen molar-refractivity contribution < 1.29 is 5.11 Å². The van der Waals surface area contributed by atoms with Gasteiger partial charge in [0.25, 0.3) is 0 Å². The van der Waals surface area contributed by atoms with Gasteiger partial charge in [0.2, 0.25) is 0 Å². The van der Waals surface area contributed by atoms with E-state index in [4.69, 9.17) is 5.73 Å². The second-order valence-corrected chi connectivity index (χ2v) is 3.91. The quantitative estimate of drug-likeness (QED) is 0.688. The van der Waals surface area contributed by atoms with Crippen molar-refractivity contribution in [3.63, 3.8) is 0 Å². The van der Waals surface area contributed by atoms with Crippen molar-refractivity contribution in [2.24, 2.45) is 5.73 Å². The third kappa shape index (κ3) is 2.78. The van der Waals surface area contributed by atoms with Gasteiger partial charge in [0.15, 0.2) is 0 Å². The summed E-state index contributed by atoms with van der Waals surface area (Å²) in [7, 11) is 1.83. The van der Waals surface area contributed by atoms with E-state index >= 15 is 0 Å². The number of aryl methyl sites for hydroxylation is 2. The lowest BCUT2D eigenvalue weighted by Gasteiger charge is -2.22. The zero-order valence-electron chi connectivity index (χ0n) is 9.62. The minimum atomic E-state index is -0.544. The molecule has 0 bridgehead atoms. The van der Waals surface area contributed by atoms with Gasteiger partial charge in [-0.15, -0.1) is 0 Å². The molecule has 0 aliphatic heterocycles. The molecule has 0 saturated carbocycles. The van der Waals surface area contributed by atoms with Gasteiger partial charge >= 0.3 is 0 Å². The zero-order chi connectivity index (χ0) is 11.4. The van der Waals surface area contributed by atoms with Crippen molar-refractivity contribution in [2.45, 2.75) is 26.0 Å². The predicted octanol–water partition coefficient (Wildman–Crippen LogP) is 0.884. The van der Waals surface area contributed by atoms with Crippen LogP contribution in [0.4, 0.5) is 0 Å². The first-order chi connectivity index (χ1) is 7.10. The molecule has 0 radical (unpaired) electrons. The Bertz CT molecular complexity index is 325. The molecule has 0 aromatic heterocycles. The Morgan fingerprint density at radius 1 is 1.33 bits per heavy atom. The molecule has 2 unspecified atom stereocenters. The molecule has 0 aliphatic carbocycles. The first kappa shape index (κ1) is 12.2. The van der Waals surface area contributed by atoms with Crippen LogP contribution in [-0.4, -0.2) is 24.8 Å². The first-order valence-corrected chi connectivity index (χ1v) is 5.22. The summed E-state index contributed by atoms with van der Waals surface area (Å²) in [5.74, 6) is 0. The van der Waals surface area contributed by atoms with Crippen molar-refractivity contribution >= 4 is 0 Å². The van der Waals surface area contributed by atoms with Gasteiger partial charge in [-0.1, -0.05) is 18.2 Å². The molecule has 0 fully saturated rings. The lowest BCUT2D eigenvalue weighted by molar-refractivity contribution is 0.139. The third-order valence-corrected chi connectivity index (χ3v) is 2.83. The molecule has 1 aromatic rings. The predicted molar refractivity (Wildman–Crippen MR) is 62.8 cm³/mol. The van der Waals surface area contributed by atoms with Crippen LogP contribution >= 0.6 is 0 Å². The van der Waals surface area contributed by atoms with E-state index in [9.17, 15) is 5.11 Å². The summed E-state index contributed by atoms with van der Waals surface area (Å²) in [6, 6.07) is 6.10. The summed E-state index contributed by atoms with van der Waals surface area (Å²) in [6.45, 7) is 4.41. The van der Waals surface area contributed by atoms with Crippen LogP contribution in [0.25, 0.3) is 0 Å². The summed E-state index contributed by atoms with van der Waals surface area (Å²) in [6.07, 6.45) is -0.544. The maximum absolute atomic E-state index is 9.74. The van der Waals surface area contributed by atoms with Crippen LogP contribution in [0, 0.1) is 13.8 Å². The van der Waals surface area contributed by atoms with Crippen molar-refractivity contribution in [2.75, 3.05) is 13.6 Å². The molecule has 1 rings (SSSR count). The largest absolute Gasteiger partial charge is 0.390 e. The van der Waals surface area contributed by atoms with Gasteiger partial charge < -0.3 is 16.2 Å². The van der Waals surface area contributed by atoms with Crippen LogP contribution in [0.15, 0.2) is 18.2 Å². The van der Waals surface area contributed by atoms with Crippen molar-refractivity contribution in [3.8, 4) is 0 Å². The van der Waals surface area contributed by atoms with Crippen LogP contribution in [0.5, 0.6) is 0 Å². The molecule has 84 valence electrons. The highest BCUT2D eigenvalue weighted by Gasteiger charge is 2.17. The van der Waals surface area contributed by atoms with E-state index in [-0.39, 0.29) is 12.6 Å². The van der Waals surface area contributed by atoms with E-state index in [1.54, 1.807) is 0 Å². The van der Waals surface area contributed by atoms with Crippen molar-refractivity contribution in [1.29, 1.82) is 0 Å². The van der Waals surface area contributed by atoms with Crippen LogP contribution in [0.2, 0.25) is 0 Å². The number of hydrogen-bond donors (Lipinski definition) is 3. The molecule has 2 atom stereocenters. The first-order valence-electron chi connectivity index (χ1n) is 5.22. The standard InChI is InChI=1S/C12H20N2O/c1-8-4-5-10(6-9(8)2)12(14-3)11(15)7-13/h4-6,11-12,14-15H,7,13H2,1-3H3. The Balaban J connectivity index is 2.97. The fraction of sp³-hybridized carbons (Fsp3) is 0.500. The molecule has 3 nitrogen and oxygen atoms in total. The van der Waals surface area contributed by atoms with E-state index in [2.05, 4.69) is 31.3 Å². The number of aliphatic hydroxyl groups is 1. The Morgan fingerprint density at radius 2 is 2.00 bits per heavy atom. The highest BCUT2D eigenvalue weighted by molar-refractivity contribution is 5.32. The second-order valence-electron chi connectivity index (χ2n) is 3.91. The number of nitrogens with one attached hydrogen (secondary N) is 1. The van der Waals surface area contributed by atoms with Crippen LogP contribution in [-0.2, 0) is 0 Å². The Hall–Kier alpha value is -0.900. The van der Waals surface area contributed by atoms with Gasteiger partial charge in [-0.3, -0.25) is 0 Å². The number of nitrogens with two attached hydrogens (primary N) is 1. The van der Waals surface area contributed by atoms with Gasteiger partial charge in [0.1, 0.15) is 0 Å². The summed E-state index contributed by atoms with van der Waals surface area (Å²) >= 11 is 0. The summed E-state index contributed by atoms with van der Waals surface area (Å²) < 4.78 is 0. The van der Waals surface area contributed by atoms with Crippen LogP contribution in [0.1, 0.15) is 22.7 Å². The van der Waals surface area contributed by atoms with E-state index in [1.807, 2.05) is 13.1 Å². The smallest absolute Gasteiger partial charge is 0.0856 e. The highest BCUT2D eigenvalue weighted by atomic mass is 16.3. The molecule has 0 amide bonds. The van der Waals surface area contributed by atoms with Gasteiger partial charge in [-0.05, 0) is 37.6 Å². The monoisotopic (exact) mass is 208 g/mol. The molecule has 0 spiro atoms. The van der Waals surface area contributed by atoms with Gasteiger partial charge in [-0.25, -0.2) is 0 Å². The Morgan fingerprint density at radius 3 is 2.47 bits per heavy atom. The number of aliphatic hydroxyl groups excluding tert-OH is 1. The van der Waals surface area contributed by atoms with Crippen molar-refractivity contribution in [3.05, 3.63) is 34.9 Å². The van der Waals surface area contributed by atoms with E-state index in [0.29, 0.717) is 0 Å². The SMILES string of the molecule is CNC(c1ccc(C)c(C)c1)C(O)CN. The zero-order valence-corrected chi connectivity index (χ0v) is 9.62. The highest BCUT2D eigenvalue weighted by Crippen LogP contribution is 2.19. The minimum Gasteiger partial charge on any atom is -0.390 e. The van der Waals surface area contributed by atoms with Gasteiger partial charge in [-0.2, -0.15) is 0 Å². The number of hydrogen-bond acceptors (Lipinski definition) is 3. The van der Waals surface area contributed by atoms with E-state index < -0.39 is 6.10 Å². The van der Waals surface area contributed by atoms with Gasteiger partial charge in [0.05, 0.1) is 12.1 Å². The topological polar surface area (TPSA) is 58.3 Å². The number of likely N-dealkylation sites (N-methyl/N-ethyl adjacent to an activating group) is 1. The Kier molecular flexibility index (Phi) is 4.27. The molecule has 4 N–H and O–H groups in total. The Labute approximate surface area is 91.3 Å². The molecular weight excluding hydrogens is 188 g/mol. The molecular formula is C12H20N2O. The lowest BCUT2D eigenvalue weighted by Crippen LogP contribution is -2.35. The van der Waals surface area contributed by atoms with Crippen LogP contribution < -0.4 is 11.1 Å². The third-order valence-electron chi connectivity index (χ3n) is 2.83. The maximum atomic E-state index is 9.74. The summed E-state index contributed by atoms with van der Waals surface area (Å²) in [5, 5.41) is 12.8. The average molecular weight is 208 g/mol. The van der Waals surface area contributed by atoms with Crippen LogP contribution in [0.3, 0.4) is 0 Å². The maximum Gasteiger partial charge on any atom is 0.0856 e. The molecule has 0 saturated heterocycles. The molecule has 15 heavy (non-hydrogen) atoms. The fourth-order valence-corrected chi connectivity index (χ4v) is 1.68. The number of rotatable bonds is 4. The van der Waals surface area contributed by atoms with E-state index in [1.165, 1.54) is 11.1 Å². The molecule has 0 aliphatic rings. The van der Waals surface area contributed by atoms with Gasteiger partial charge in [0, 0.05) is 6.54 Å². The minimum absolute atomic E-state index is 0.0886. The van der Waals surface area contributed by atoms with E-state index in [0.717, 1.165) is 5.56 Å². The lowest BCUT2D eigenvalue weighted by atomic mass is 9.97. The normalized spacial score (nSPS) is 15.0. The fourth-order valence-electron chi connectivity index (χ4n) is 1.68. The molecule has 1 aromatic carbocycles. The summed E-state index contributed by atoms with van der Waals surface area (Å²) in [4.78, 5) is 0. The molecule has 0 heterocycles. The van der Waals surface area contributed by atoms with Crippen molar-refractivity contribution in [1.82, 2.24) is 5.32 Å². The number of benzene rings is 1.